The molecule has 1 N–H and O–H groups in total. The van der Waals surface area contributed by atoms with E-state index in [0.29, 0.717) is 29.6 Å². The molecule has 1 aromatic rings. The summed E-state index contributed by atoms with van der Waals surface area (Å²) < 4.78 is 0. The molecule has 5 heteroatoms. The van der Waals surface area contributed by atoms with Crippen LogP contribution < -0.4 is 0 Å². The minimum atomic E-state index is -0.474. The van der Waals surface area contributed by atoms with Gasteiger partial charge in [0.2, 0.25) is 5.28 Å². The Hall–Kier alpha value is -1.16. The predicted octanol–water partition coefficient (Wildman–Crippen LogP) is 3.13. The Morgan fingerprint density at radius 1 is 1.05 bits per heavy atom. The Bertz CT molecular complexity index is 587. The van der Waals surface area contributed by atoms with E-state index >= 15 is 0 Å². The first-order chi connectivity index (χ1) is 9.63. The largest absolute Gasteiger partial charge is 0.331 e. The molecule has 0 radical (unpaired) electrons. The highest BCUT2D eigenvalue weighted by Gasteiger charge is 2.46. The smallest absolute Gasteiger partial charge is 0.200 e. The van der Waals surface area contributed by atoms with Crippen molar-refractivity contribution in [1.29, 1.82) is 0 Å². The van der Waals surface area contributed by atoms with Gasteiger partial charge in [-0.05, 0) is 36.3 Å². The number of hydrogen-bond donors (Lipinski definition) is 1. The molecule has 0 spiro atoms. The van der Waals surface area contributed by atoms with Gasteiger partial charge in [-0.1, -0.05) is 25.7 Å². The van der Waals surface area contributed by atoms with Gasteiger partial charge in [0.1, 0.15) is 5.69 Å². The van der Waals surface area contributed by atoms with Crippen molar-refractivity contribution in [2.24, 2.45) is 17.8 Å². The third-order valence-electron chi connectivity index (χ3n) is 4.82. The molecular weight excluding hydrogens is 276 g/mol. The lowest BCUT2D eigenvalue weighted by molar-refractivity contribution is -0.124. The Labute approximate surface area is 122 Å². The maximum atomic E-state index is 12.7. The van der Waals surface area contributed by atoms with E-state index < -0.39 is 5.92 Å². The van der Waals surface area contributed by atoms with Crippen molar-refractivity contribution in [3.63, 3.8) is 0 Å². The monoisotopic (exact) mass is 292 g/mol. The molecule has 4 nitrogen and oxygen atoms in total. The van der Waals surface area contributed by atoms with Crippen molar-refractivity contribution >= 4 is 23.2 Å². The average molecular weight is 293 g/mol. The van der Waals surface area contributed by atoms with Gasteiger partial charge >= 0.3 is 0 Å². The maximum Gasteiger partial charge on any atom is 0.200 e. The van der Waals surface area contributed by atoms with E-state index in [1.165, 1.54) is 12.8 Å². The van der Waals surface area contributed by atoms with Crippen LogP contribution in [0.25, 0.3) is 0 Å². The van der Waals surface area contributed by atoms with Crippen LogP contribution in [0.3, 0.4) is 0 Å². The number of aromatic amines is 1. The number of aromatic nitrogens is 2. The van der Waals surface area contributed by atoms with Crippen molar-refractivity contribution in [2.45, 2.75) is 44.4 Å². The van der Waals surface area contributed by atoms with Crippen LogP contribution >= 0.6 is 11.6 Å². The number of rotatable bonds is 4. The normalized spacial score (nSPS) is 29.6. The van der Waals surface area contributed by atoms with Crippen molar-refractivity contribution in [3.05, 3.63) is 16.7 Å². The number of ketones is 2. The molecule has 4 rings (SSSR count). The summed E-state index contributed by atoms with van der Waals surface area (Å²) >= 11 is 5.92. The first-order valence-electron chi connectivity index (χ1n) is 7.47. The number of H-pyrrole nitrogens is 1. The molecule has 2 fully saturated rings. The Morgan fingerprint density at radius 3 is 2.25 bits per heavy atom. The standard InChI is InChI=1S/C15H17ClN2O2/c16-15-17-11-9(5-7-1-2-7)13(19)10(6-8-3-4-8)14(20)12(11)18-15/h7-10H,1-6H2,(H,17,18). The molecule has 106 valence electrons. The van der Waals surface area contributed by atoms with Crippen LogP contribution in [0.2, 0.25) is 5.28 Å². The zero-order valence-corrected chi connectivity index (χ0v) is 11.9. The lowest BCUT2D eigenvalue weighted by Crippen LogP contribution is -2.36. The highest BCUT2D eigenvalue weighted by molar-refractivity contribution is 6.29. The van der Waals surface area contributed by atoms with Gasteiger partial charge in [0.25, 0.3) is 0 Å². The summed E-state index contributed by atoms with van der Waals surface area (Å²) in [7, 11) is 0. The van der Waals surface area contributed by atoms with E-state index in [2.05, 4.69) is 9.97 Å². The van der Waals surface area contributed by atoms with E-state index in [1.807, 2.05) is 0 Å². The minimum Gasteiger partial charge on any atom is -0.331 e. The number of Topliss-reactive ketones (excluding diaryl/α,β-unsaturated/α-hetero) is 2. The number of nitrogens with zero attached hydrogens (tertiary/aromatic N) is 1. The van der Waals surface area contributed by atoms with Gasteiger partial charge in [-0.3, -0.25) is 9.59 Å². The van der Waals surface area contributed by atoms with E-state index in [0.717, 1.165) is 19.3 Å². The molecule has 2 unspecified atom stereocenters. The molecule has 2 saturated carbocycles. The Balaban J connectivity index is 1.70. The number of nitrogens with one attached hydrogen (secondary N) is 1. The summed E-state index contributed by atoms with van der Waals surface area (Å²) in [6, 6.07) is 0. The lowest BCUT2D eigenvalue weighted by atomic mass is 9.75. The molecule has 1 heterocycles. The Morgan fingerprint density at radius 2 is 1.65 bits per heavy atom. The van der Waals surface area contributed by atoms with E-state index in [1.54, 1.807) is 0 Å². The molecule has 20 heavy (non-hydrogen) atoms. The second kappa shape index (κ2) is 4.42. The van der Waals surface area contributed by atoms with Crippen LogP contribution in [-0.4, -0.2) is 21.5 Å². The van der Waals surface area contributed by atoms with Gasteiger partial charge < -0.3 is 4.98 Å². The summed E-state index contributed by atoms with van der Waals surface area (Å²) in [6.45, 7) is 0. The van der Waals surface area contributed by atoms with Crippen LogP contribution in [0.15, 0.2) is 0 Å². The third kappa shape index (κ3) is 2.10. The topological polar surface area (TPSA) is 62.8 Å². The number of halogens is 1. The summed E-state index contributed by atoms with van der Waals surface area (Å²) in [5.41, 5.74) is 1.09. The van der Waals surface area contributed by atoms with Gasteiger partial charge in [-0.15, -0.1) is 0 Å². The molecular formula is C15H17ClN2O2. The fraction of sp³-hybridized carbons (Fsp3) is 0.667. The molecule has 0 amide bonds. The summed E-state index contributed by atoms with van der Waals surface area (Å²) in [4.78, 5) is 32.3. The van der Waals surface area contributed by atoms with Gasteiger partial charge in [-0.25, -0.2) is 4.98 Å². The second-order valence-corrected chi connectivity index (χ2v) is 6.88. The Kier molecular flexibility index (Phi) is 2.78. The summed E-state index contributed by atoms with van der Waals surface area (Å²) in [5.74, 6) is 0.505. The average Bonchev–Trinajstić information content (AvgIpc) is 3.31. The molecule has 2 atom stereocenters. The molecule has 0 aliphatic heterocycles. The SMILES string of the molecule is O=C1c2nc(Cl)[nH]c2C(CC2CC2)C(=O)C1CC1CC1. The van der Waals surface area contributed by atoms with Gasteiger partial charge in [0.15, 0.2) is 11.6 Å². The number of fused-ring (bicyclic) bond motifs is 1. The molecule has 0 aromatic carbocycles. The van der Waals surface area contributed by atoms with Crippen molar-refractivity contribution in [1.82, 2.24) is 9.97 Å². The van der Waals surface area contributed by atoms with Gasteiger partial charge in [-0.2, -0.15) is 0 Å². The zero-order chi connectivity index (χ0) is 13.9. The van der Waals surface area contributed by atoms with Crippen molar-refractivity contribution < 1.29 is 9.59 Å². The molecule has 3 aliphatic rings. The second-order valence-electron chi connectivity index (χ2n) is 6.52. The highest BCUT2D eigenvalue weighted by atomic mass is 35.5. The lowest BCUT2D eigenvalue weighted by Gasteiger charge is -2.26. The van der Waals surface area contributed by atoms with Crippen LogP contribution in [0.5, 0.6) is 0 Å². The number of carbonyl (C=O) groups is 2. The fourth-order valence-electron chi connectivity index (χ4n) is 3.31. The van der Waals surface area contributed by atoms with Crippen LogP contribution in [0, 0.1) is 17.8 Å². The quantitative estimate of drug-likeness (QED) is 0.867. The molecule has 0 saturated heterocycles. The number of imidazole rings is 1. The number of carbonyl (C=O) groups excluding carboxylic acids is 2. The summed E-state index contributed by atoms with van der Waals surface area (Å²) in [5, 5.41) is 0.226. The highest BCUT2D eigenvalue weighted by Crippen LogP contribution is 2.45. The van der Waals surface area contributed by atoms with Crippen LogP contribution in [0.4, 0.5) is 0 Å². The molecule has 3 aliphatic carbocycles. The van der Waals surface area contributed by atoms with Crippen molar-refractivity contribution in [3.8, 4) is 0 Å². The predicted molar refractivity (Wildman–Crippen MR) is 73.8 cm³/mol. The van der Waals surface area contributed by atoms with E-state index in [4.69, 9.17) is 11.6 Å². The first kappa shape index (κ1) is 12.6. The fourth-order valence-corrected chi connectivity index (χ4v) is 3.49. The van der Waals surface area contributed by atoms with E-state index in [-0.39, 0.29) is 22.8 Å². The summed E-state index contributed by atoms with van der Waals surface area (Å²) in [6.07, 6.45) is 6.25. The zero-order valence-electron chi connectivity index (χ0n) is 11.2. The third-order valence-corrected chi connectivity index (χ3v) is 5.00. The van der Waals surface area contributed by atoms with Crippen LogP contribution in [0.1, 0.15) is 60.6 Å². The first-order valence-corrected chi connectivity index (χ1v) is 7.84. The van der Waals surface area contributed by atoms with E-state index in [9.17, 15) is 9.59 Å². The van der Waals surface area contributed by atoms with Crippen LogP contribution in [-0.2, 0) is 4.79 Å². The maximum absolute atomic E-state index is 12.7. The minimum absolute atomic E-state index is 0.0987. The number of hydrogen-bond acceptors (Lipinski definition) is 3. The molecule has 1 aromatic heterocycles. The van der Waals surface area contributed by atoms with Crippen molar-refractivity contribution in [2.75, 3.05) is 0 Å². The van der Waals surface area contributed by atoms with Gasteiger partial charge in [0.05, 0.1) is 17.5 Å². The van der Waals surface area contributed by atoms with Gasteiger partial charge in [0, 0.05) is 0 Å². The molecule has 0 bridgehead atoms.